The van der Waals surface area contributed by atoms with Crippen LogP contribution in [0.1, 0.15) is 31.7 Å². The molecule has 1 aliphatic heterocycles. The smallest absolute Gasteiger partial charge is 0.129 e. The predicted octanol–water partition coefficient (Wildman–Crippen LogP) is 3.30. The van der Waals surface area contributed by atoms with Crippen molar-refractivity contribution in [1.82, 2.24) is 5.32 Å². The third kappa shape index (κ3) is 4.25. The van der Waals surface area contributed by atoms with Gasteiger partial charge in [-0.25, -0.2) is 8.78 Å². The lowest BCUT2D eigenvalue weighted by atomic mass is 9.94. The zero-order valence-corrected chi connectivity index (χ0v) is 12.0. The first-order valence-corrected chi connectivity index (χ1v) is 7.44. The standard InChI is InChI=1S/C16H23F2NO/c1-2-7-19-13(9-12-6-8-20-11-12)10-14-15(17)4-3-5-16(14)18/h3-5,12-13,19H,2,6-11H2,1H3. The summed E-state index contributed by atoms with van der Waals surface area (Å²) in [5.41, 5.74) is 0.194. The molecule has 1 aliphatic rings. The van der Waals surface area contributed by atoms with E-state index in [1.807, 2.05) is 0 Å². The number of rotatable bonds is 7. The molecule has 1 fully saturated rings. The molecule has 2 unspecified atom stereocenters. The molecule has 1 N–H and O–H groups in total. The van der Waals surface area contributed by atoms with Crippen LogP contribution in [0.25, 0.3) is 0 Å². The quantitative estimate of drug-likeness (QED) is 0.829. The molecule has 2 rings (SSSR count). The first-order valence-electron chi connectivity index (χ1n) is 7.44. The van der Waals surface area contributed by atoms with E-state index in [2.05, 4.69) is 12.2 Å². The van der Waals surface area contributed by atoms with E-state index < -0.39 is 11.6 Å². The zero-order valence-electron chi connectivity index (χ0n) is 12.0. The monoisotopic (exact) mass is 283 g/mol. The first kappa shape index (κ1) is 15.4. The van der Waals surface area contributed by atoms with Crippen LogP contribution in [-0.4, -0.2) is 25.8 Å². The van der Waals surface area contributed by atoms with Gasteiger partial charge in [0, 0.05) is 24.8 Å². The van der Waals surface area contributed by atoms with Gasteiger partial charge < -0.3 is 10.1 Å². The molecule has 112 valence electrons. The van der Waals surface area contributed by atoms with E-state index in [0.717, 1.165) is 39.0 Å². The molecule has 0 saturated carbocycles. The van der Waals surface area contributed by atoms with Crippen molar-refractivity contribution in [3.05, 3.63) is 35.4 Å². The van der Waals surface area contributed by atoms with Gasteiger partial charge in [0.25, 0.3) is 0 Å². The number of hydrogen-bond acceptors (Lipinski definition) is 2. The zero-order chi connectivity index (χ0) is 14.4. The molecule has 0 radical (unpaired) electrons. The normalized spacial score (nSPS) is 20.2. The van der Waals surface area contributed by atoms with Crippen LogP contribution in [0.4, 0.5) is 8.78 Å². The Labute approximate surface area is 119 Å². The summed E-state index contributed by atoms with van der Waals surface area (Å²) in [6, 6.07) is 4.17. The summed E-state index contributed by atoms with van der Waals surface area (Å²) in [5.74, 6) is -0.397. The maximum atomic E-state index is 13.8. The SMILES string of the molecule is CCCNC(Cc1c(F)cccc1F)CC1CCOC1. The van der Waals surface area contributed by atoms with Crippen molar-refractivity contribution in [2.24, 2.45) is 5.92 Å². The molecule has 0 spiro atoms. The summed E-state index contributed by atoms with van der Waals surface area (Å²) in [4.78, 5) is 0. The fourth-order valence-corrected chi connectivity index (χ4v) is 2.73. The number of hydrogen-bond donors (Lipinski definition) is 1. The minimum absolute atomic E-state index is 0.105. The summed E-state index contributed by atoms with van der Waals surface area (Å²) >= 11 is 0. The lowest BCUT2D eigenvalue weighted by Gasteiger charge is -2.22. The van der Waals surface area contributed by atoms with Crippen molar-refractivity contribution in [3.63, 3.8) is 0 Å². The van der Waals surface area contributed by atoms with Crippen LogP contribution in [-0.2, 0) is 11.2 Å². The molecule has 4 heteroatoms. The predicted molar refractivity (Wildman–Crippen MR) is 75.7 cm³/mol. The Kier molecular flexibility index (Phi) is 5.92. The Morgan fingerprint density at radius 1 is 1.35 bits per heavy atom. The molecular formula is C16H23F2NO. The van der Waals surface area contributed by atoms with Gasteiger partial charge in [-0.15, -0.1) is 0 Å². The molecule has 1 heterocycles. The fraction of sp³-hybridized carbons (Fsp3) is 0.625. The summed E-state index contributed by atoms with van der Waals surface area (Å²) in [7, 11) is 0. The maximum Gasteiger partial charge on any atom is 0.129 e. The Balaban J connectivity index is 2.01. The highest BCUT2D eigenvalue weighted by Crippen LogP contribution is 2.22. The molecule has 0 aromatic heterocycles. The van der Waals surface area contributed by atoms with Crippen molar-refractivity contribution >= 4 is 0 Å². The molecule has 1 aromatic carbocycles. The largest absolute Gasteiger partial charge is 0.381 e. The van der Waals surface area contributed by atoms with E-state index >= 15 is 0 Å². The highest BCUT2D eigenvalue weighted by molar-refractivity contribution is 5.20. The second-order valence-electron chi connectivity index (χ2n) is 5.52. The summed E-state index contributed by atoms with van der Waals surface area (Å²) in [6.07, 6.45) is 3.37. The van der Waals surface area contributed by atoms with E-state index in [-0.39, 0.29) is 11.6 Å². The molecule has 0 amide bonds. The van der Waals surface area contributed by atoms with Gasteiger partial charge in [-0.05, 0) is 50.3 Å². The van der Waals surface area contributed by atoms with Gasteiger partial charge in [0.1, 0.15) is 11.6 Å². The van der Waals surface area contributed by atoms with Gasteiger partial charge >= 0.3 is 0 Å². The first-order chi connectivity index (χ1) is 9.70. The van der Waals surface area contributed by atoms with Gasteiger partial charge in [0.2, 0.25) is 0 Å². The van der Waals surface area contributed by atoms with Crippen LogP contribution >= 0.6 is 0 Å². The second kappa shape index (κ2) is 7.70. The van der Waals surface area contributed by atoms with Crippen molar-refractivity contribution in [2.75, 3.05) is 19.8 Å². The number of nitrogens with one attached hydrogen (secondary N) is 1. The average molecular weight is 283 g/mol. The summed E-state index contributed by atoms with van der Waals surface area (Å²) in [5, 5.41) is 3.41. The maximum absolute atomic E-state index is 13.8. The topological polar surface area (TPSA) is 21.3 Å². The highest BCUT2D eigenvalue weighted by Gasteiger charge is 2.22. The third-order valence-electron chi connectivity index (χ3n) is 3.84. The van der Waals surface area contributed by atoms with Crippen LogP contribution in [0.5, 0.6) is 0 Å². The minimum Gasteiger partial charge on any atom is -0.381 e. The molecule has 2 atom stereocenters. The lowest BCUT2D eigenvalue weighted by Crippen LogP contribution is -2.34. The minimum atomic E-state index is -0.448. The van der Waals surface area contributed by atoms with Crippen molar-refractivity contribution in [1.29, 1.82) is 0 Å². The van der Waals surface area contributed by atoms with Crippen LogP contribution in [0, 0.1) is 17.6 Å². The Hall–Kier alpha value is -1.00. The molecule has 2 nitrogen and oxygen atoms in total. The van der Waals surface area contributed by atoms with Crippen molar-refractivity contribution in [3.8, 4) is 0 Å². The van der Waals surface area contributed by atoms with Gasteiger partial charge in [-0.3, -0.25) is 0 Å². The van der Waals surface area contributed by atoms with E-state index in [1.54, 1.807) is 0 Å². The third-order valence-corrected chi connectivity index (χ3v) is 3.84. The molecule has 0 bridgehead atoms. The lowest BCUT2D eigenvalue weighted by molar-refractivity contribution is 0.181. The summed E-state index contributed by atoms with van der Waals surface area (Å²) < 4.78 is 32.9. The average Bonchev–Trinajstić information content (AvgIpc) is 2.93. The van der Waals surface area contributed by atoms with Crippen molar-refractivity contribution in [2.45, 2.75) is 38.6 Å². The molecular weight excluding hydrogens is 260 g/mol. The molecule has 20 heavy (non-hydrogen) atoms. The summed E-state index contributed by atoms with van der Waals surface area (Å²) in [6.45, 7) is 4.53. The van der Waals surface area contributed by atoms with Crippen LogP contribution in [0.2, 0.25) is 0 Å². The molecule has 1 aromatic rings. The Morgan fingerprint density at radius 2 is 2.10 bits per heavy atom. The number of halogens is 2. The van der Waals surface area contributed by atoms with E-state index in [9.17, 15) is 8.78 Å². The van der Waals surface area contributed by atoms with Gasteiger partial charge in [-0.1, -0.05) is 13.0 Å². The van der Waals surface area contributed by atoms with E-state index in [4.69, 9.17) is 4.74 Å². The highest BCUT2D eigenvalue weighted by atomic mass is 19.1. The Morgan fingerprint density at radius 3 is 2.70 bits per heavy atom. The molecule has 1 saturated heterocycles. The van der Waals surface area contributed by atoms with Crippen LogP contribution in [0.15, 0.2) is 18.2 Å². The number of benzene rings is 1. The van der Waals surface area contributed by atoms with E-state index in [0.29, 0.717) is 12.3 Å². The van der Waals surface area contributed by atoms with Gasteiger partial charge in [0.15, 0.2) is 0 Å². The second-order valence-corrected chi connectivity index (χ2v) is 5.52. The Bertz CT molecular complexity index is 399. The number of ether oxygens (including phenoxy) is 1. The molecule has 0 aliphatic carbocycles. The van der Waals surface area contributed by atoms with Crippen LogP contribution < -0.4 is 5.32 Å². The van der Waals surface area contributed by atoms with E-state index in [1.165, 1.54) is 18.2 Å². The van der Waals surface area contributed by atoms with Gasteiger partial charge in [0.05, 0.1) is 0 Å². The van der Waals surface area contributed by atoms with Crippen LogP contribution in [0.3, 0.4) is 0 Å². The fourth-order valence-electron chi connectivity index (χ4n) is 2.73. The van der Waals surface area contributed by atoms with Gasteiger partial charge in [-0.2, -0.15) is 0 Å². The van der Waals surface area contributed by atoms with Crippen molar-refractivity contribution < 1.29 is 13.5 Å².